The van der Waals surface area contributed by atoms with Gasteiger partial charge in [-0.3, -0.25) is 9.78 Å². The standard InChI is InChI=1S/C18H16N2O2S/c1-12-7-8-14(11-19-12)18(22)20-17(16-6-3-9-23-16)13-4-2-5-15(21)10-13/h2-11,17,21H,1H3,(H,20,22). The van der Waals surface area contributed by atoms with Gasteiger partial charge in [-0.15, -0.1) is 11.3 Å². The van der Waals surface area contributed by atoms with Gasteiger partial charge in [0.2, 0.25) is 0 Å². The molecule has 23 heavy (non-hydrogen) atoms. The van der Waals surface area contributed by atoms with Crippen LogP contribution < -0.4 is 5.32 Å². The van der Waals surface area contributed by atoms with Crippen molar-refractivity contribution in [3.05, 3.63) is 81.8 Å². The summed E-state index contributed by atoms with van der Waals surface area (Å²) in [5.41, 5.74) is 2.21. The maximum atomic E-state index is 12.5. The molecule has 4 nitrogen and oxygen atoms in total. The molecule has 1 amide bonds. The lowest BCUT2D eigenvalue weighted by Gasteiger charge is -2.18. The minimum atomic E-state index is -0.309. The zero-order valence-electron chi connectivity index (χ0n) is 12.6. The van der Waals surface area contributed by atoms with E-state index in [1.807, 2.05) is 36.6 Å². The first-order valence-electron chi connectivity index (χ1n) is 7.19. The Labute approximate surface area is 138 Å². The molecule has 0 aliphatic rings. The van der Waals surface area contributed by atoms with Crippen LogP contribution in [0.2, 0.25) is 0 Å². The molecule has 0 aliphatic heterocycles. The Morgan fingerprint density at radius 2 is 2.09 bits per heavy atom. The van der Waals surface area contributed by atoms with Crippen molar-refractivity contribution >= 4 is 17.2 Å². The molecule has 0 saturated heterocycles. The molecule has 1 aromatic carbocycles. The van der Waals surface area contributed by atoms with Crippen LogP contribution in [0.25, 0.3) is 0 Å². The number of nitrogens with zero attached hydrogens (tertiary/aromatic N) is 1. The summed E-state index contributed by atoms with van der Waals surface area (Å²) in [6.45, 7) is 1.88. The number of aromatic nitrogens is 1. The van der Waals surface area contributed by atoms with Crippen LogP contribution >= 0.6 is 11.3 Å². The fraction of sp³-hybridized carbons (Fsp3) is 0.111. The van der Waals surface area contributed by atoms with Crippen LogP contribution in [0, 0.1) is 6.92 Å². The molecular weight excluding hydrogens is 308 g/mol. The van der Waals surface area contributed by atoms with Crippen LogP contribution in [0.4, 0.5) is 0 Å². The largest absolute Gasteiger partial charge is 0.508 e. The van der Waals surface area contributed by atoms with Gasteiger partial charge in [-0.2, -0.15) is 0 Å². The first-order valence-corrected chi connectivity index (χ1v) is 8.07. The number of aryl methyl sites for hydroxylation is 1. The lowest BCUT2D eigenvalue weighted by Crippen LogP contribution is -2.28. The lowest BCUT2D eigenvalue weighted by atomic mass is 10.0. The molecular formula is C18H16N2O2S. The summed E-state index contributed by atoms with van der Waals surface area (Å²) in [5, 5.41) is 14.7. The molecule has 1 unspecified atom stereocenters. The Bertz CT molecular complexity index is 798. The van der Waals surface area contributed by atoms with Gasteiger partial charge >= 0.3 is 0 Å². The first-order chi connectivity index (χ1) is 11.1. The van der Waals surface area contributed by atoms with E-state index in [-0.39, 0.29) is 17.7 Å². The second-order valence-corrected chi connectivity index (χ2v) is 6.18. The quantitative estimate of drug-likeness (QED) is 0.769. The van der Waals surface area contributed by atoms with E-state index in [2.05, 4.69) is 10.3 Å². The number of aromatic hydroxyl groups is 1. The Kier molecular flexibility index (Phi) is 4.39. The third-order valence-electron chi connectivity index (χ3n) is 3.48. The fourth-order valence-corrected chi connectivity index (χ4v) is 3.10. The number of thiophene rings is 1. The van der Waals surface area contributed by atoms with E-state index in [0.29, 0.717) is 5.56 Å². The first kappa shape index (κ1) is 15.2. The zero-order valence-corrected chi connectivity index (χ0v) is 13.4. The van der Waals surface area contributed by atoms with E-state index >= 15 is 0 Å². The maximum Gasteiger partial charge on any atom is 0.253 e. The Balaban J connectivity index is 1.90. The van der Waals surface area contributed by atoms with Gasteiger partial charge in [0.15, 0.2) is 0 Å². The lowest BCUT2D eigenvalue weighted by molar-refractivity contribution is 0.0943. The van der Waals surface area contributed by atoms with Crippen molar-refractivity contribution in [2.24, 2.45) is 0 Å². The van der Waals surface area contributed by atoms with Gasteiger partial charge in [-0.25, -0.2) is 0 Å². The van der Waals surface area contributed by atoms with Gasteiger partial charge in [-0.05, 0) is 48.2 Å². The van der Waals surface area contributed by atoms with Crippen molar-refractivity contribution in [2.75, 3.05) is 0 Å². The van der Waals surface area contributed by atoms with Crippen molar-refractivity contribution in [1.29, 1.82) is 0 Å². The van der Waals surface area contributed by atoms with Gasteiger partial charge in [0, 0.05) is 16.8 Å². The van der Waals surface area contributed by atoms with Gasteiger partial charge in [0.25, 0.3) is 5.91 Å². The topological polar surface area (TPSA) is 62.2 Å². The highest BCUT2D eigenvalue weighted by atomic mass is 32.1. The van der Waals surface area contributed by atoms with Crippen LogP contribution in [0.15, 0.2) is 60.1 Å². The van der Waals surface area contributed by atoms with Crippen LogP contribution in [0.3, 0.4) is 0 Å². The molecule has 0 radical (unpaired) electrons. The van der Waals surface area contributed by atoms with Gasteiger partial charge in [0.1, 0.15) is 5.75 Å². The number of rotatable bonds is 4. The van der Waals surface area contributed by atoms with Crippen molar-refractivity contribution in [2.45, 2.75) is 13.0 Å². The van der Waals surface area contributed by atoms with Crippen molar-refractivity contribution < 1.29 is 9.90 Å². The van der Waals surface area contributed by atoms with E-state index < -0.39 is 0 Å². The predicted molar refractivity (Wildman–Crippen MR) is 90.7 cm³/mol. The summed E-state index contributed by atoms with van der Waals surface area (Å²) >= 11 is 1.56. The number of hydrogen-bond acceptors (Lipinski definition) is 4. The zero-order chi connectivity index (χ0) is 16.2. The molecule has 3 aromatic rings. The molecule has 1 atom stereocenters. The molecule has 0 spiro atoms. The molecule has 2 heterocycles. The number of carbonyl (C=O) groups excluding carboxylic acids is 1. The maximum absolute atomic E-state index is 12.5. The number of amides is 1. The third kappa shape index (κ3) is 3.57. The molecule has 0 bridgehead atoms. The van der Waals surface area contributed by atoms with Gasteiger partial charge in [0.05, 0.1) is 11.6 Å². The molecule has 2 N–H and O–H groups in total. The van der Waals surface area contributed by atoms with E-state index in [4.69, 9.17) is 0 Å². The van der Waals surface area contributed by atoms with Crippen LogP contribution in [-0.2, 0) is 0 Å². The second-order valence-electron chi connectivity index (χ2n) is 5.21. The van der Waals surface area contributed by atoms with Crippen molar-refractivity contribution in [3.8, 4) is 5.75 Å². The normalized spacial score (nSPS) is 11.9. The number of nitrogens with one attached hydrogen (secondary N) is 1. The fourth-order valence-electron chi connectivity index (χ4n) is 2.30. The van der Waals surface area contributed by atoms with Crippen LogP contribution in [0.1, 0.15) is 32.5 Å². The Hall–Kier alpha value is -2.66. The average molecular weight is 324 g/mol. The third-order valence-corrected chi connectivity index (χ3v) is 4.42. The summed E-state index contributed by atoms with van der Waals surface area (Å²) in [4.78, 5) is 17.7. The van der Waals surface area contributed by atoms with E-state index in [0.717, 1.165) is 16.1 Å². The molecule has 5 heteroatoms. The minimum absolute atomic E-state index is 0.176. The molecule has 3 rings (SSSR count). The highest BCUT2D eigenvalue weighted by molar-refractivity contribution is 7.10. The van der Waals surface area contributed by atoms with Crippen molar-refractivity contribution in [3.63, 3.8) is 0 Å². The summed E-state index contributed by atoms with van der Waals surface area (Å²) in [7, 11) is 0. The average Bonchev–Trinajstić information content (AvgIpc) is 3.07. The number of hydrogen-bond donors (Lipinski definition) is 2. The van der Waals surface area contributed by atoms with E-state index in [1.54, 1.807) is 41.8 Å². The van der Waals surface area contributed by atoms with Gasteiger partial charge < -0.3 is 10.4 Å². The van der Waals surface area contributed by atoms with Gasteiger partial charge in [-0.1, -0.05) is 18.2 Å². The molecule has 2 aromatic heterocycles. The summed E-state index contributed by atoms with van der Waals surface area (Å²) < 4.78 is 0. The summed E-state index contributed by atoms with van der Waals surface area (Å²) in [6.07, 6.45) is 1.57. The highest BCUT2D eigenvalue weighted by Crippen LogP contribution is 2.28. The predicted octanol–water partition coefficient (Wildman–Crippen LogP) is 3.68. The number of carbonyl (C=O) groups is 1. The molecule has 0 fully saturated rings. The number of phenols is 1. The smallest absolute Gasteiger partial charge is 0.253 e. The van der Waals surface area contributed by atoms with E-state index in [9.17, 15) is 9.90 Å². The second kappa shape index (κ2) is 6.62. The SMILES string of the molecule is Cc1ccc(C(=O)NC(c2cccc(O)c2)c2cccs2)cn1. The number of benzene rings is 1. The monoisotopic (exact) mass is 324 g/mol. The number of phenolic OH excluding ortho intramolecular Hbond substituents is 1. The highest BCUT2D eigenvalue weighted by Gasteiger charge is 2.19. The Morgan fingerprint density at radius 3 is 2.74 bits per heavy atom. The molecule has 0 saturated carbocycles. The van der Waals surface area contributed by atoms with Crippen LogP contribution in [0.5, 0.6) is 5.75 Å². The molecule has 116 valence electrons. The minimum Gasteiger partial charge on any atom is -0.508 e. The summed E-state index contributed by atoms with van der Waals surface area (Å²) in [5.74, 6) is -0.0189. The van der Waals surface area contributed by atoms with Crippen molar-refractivity contribution in [1.82, 2.24) is 10.3 Å². The van der Waals surface area contributed by atoms with E-state index in [1.165, 1.54) is 0 Å². The summed E-state index contributed by atoms with van der Waals surface area (Å²) in [6, 6.07) is 14.1. The molecule has 0 aliphatic carbocycles. The number of pyridine rings is 1. The van der Waals surface area contributed by atoms with Crippen LogP contribution in [-0.4, -0.2) is 16.0 Å². The Morgan fingerprint density at radius 1 is 1.22 bits per heavy atom.